The molecule has 1 fully saturated rings. The molecule has 1 atom stereocenters. The Bertz CT molecular complexity index is 559. The predicted octanol–water partition coefficient (Wildman–Crippen LogP) is 2.66. The van der Waals surface area contributed by atoms with Gasteiger partial charge in [0.25, 0.3) is 0 Å². The van der Waals surface area contributed by atoms with Gasteiger partial charge in [0.2, 0.25) is 0 Å². The van der Waals surface area contributed by atoms with Crippen LogP contribution in [-0.2, 0) is 0 Å². The van der Waals surface area contributed by atoms with E-state index in [1.807, 2.05) is 12.1 Å². The fourth-order valence-corrected chi connectivity index (χ4v) is 2.10. The van der Waals surface area contributed by atoms with E-state index < -0.39 is 12.1 Å². The van der Waals surface area contributed by atoms with Gasteiger partial charge in [-0.05, 0) is 44.0 Å². The van der Waals surface area contributed by atoms with Gasteiger partial charge >= 0.3 is 6.03 Å². The number of hydroxylamine groups is 2. The Morgan fingerprint density at radius 1 is 1.48 bits per heavy atom. The Kier molecular flexibility index (Phi) is 4.94. The van der Waals surface area contributed by atoms with Crippen molar-refractivity contribution in [2.24, 2.45) is 11.7 Å². The number of amides is 2. The van der Waals surface area contributed by atoms with Gasteiger partial charge in [-0.1, -0.05) is 23.4 Å². The first-order valence-electron chi connectivity index (χ1n) is 6.66. The number of nitrogens with two attached hydrogens (primary N) is 1. The summed E-state index contributed by atoms with van der Waals surface area (Å²) in [7, 11) is 0. The summed E-state index contributed by atoms with van der Waals surface area (Å²) in [6.45, 7) is 1.61. The number of carbonyl (C=O) groups is 1. The zero-order valence-electron chi connectivity index (χ0n) is 11.6. The van der Waals surface area contributed by atoms with Crippen LogP contribution in [0.5, 0.6) is 5.75 Å². The molecule has 3 N–H and O–H groups in total. The van der Waals surface area contributed by atoms with Crippen molar-refractivity contribution in [1.29, 1.82) is 0 Å². The maximum Gasteiger partial charge on any atom is 0.339 e. The zero-order valence-corrected chi connectivity index (χ0v) is 12.4. The Morgan fingerprint density at radius 2 is 2.10 bits per heavy atom. The van der Waals surface area contributed by atoms with Crippen LogP contribution in [-0.4, -0.2) is 28.4 Å². The molecule has 0 heterocycles. The van der Waals surface area contributed by atoms with Crippen molar-refractivity contribution in [2.45, 2.75) is 31.9 Å². The Labute approximate surface area is 128 Å². The summed E-state index contributed by atoms with van der Waals surface area (Å²) in [5.41, 5.74) is 4.95. The largest absolute Gasteiger partial charge is 0.490 e. The first-order valence-corrected chi connectivity index (χ1v) is 7.04. The zero-order chi connectivity index (χ0) is 15.4. The molecule has 0 bridgehead atoms. The summed E-state index contributed by atoms with van der Waals surface area (Å²) in [4.78, 5) is 10.7. The number of halogens is 1. The number of ether oxygens (including phenoxy) is 1. The first-order chi connectivity index (χ1) is 9.95. The highest BCUT2D eigenvalue weighted by Crippen LogP contribution is 2.31. The monoisotopic (exact) mass is 308 g/mol. The summed E-state index contributed by atoms with van der Waals surface area (Å²) in [5, 5.41) is 10.4. The Hall–Kier alpha value is -1.90. The number of benzene rings is 1. The van der Waals surface area contributed by atoms with Crippen molar-refractivity contribution in [3.05, 3.63) is 29.3 Å². The fraction of sp³-hybridized carbons (Fsp3) is 0.400. The van der Waals surface area contributed by atoms with Gasteiger partial charge in [-0.3, -0.25) is 5.21 Å². The van der Waals surface area contributed by atoms with Crippen molar-refractivity contribution >= 4 is 17.6 Å². The number of nitrogens with zero attached hydrogens (tertiary/aromatic N) is 1. The van der Waals surface area contributed by atoms with Crippen LogP contribution in [0.2, 0.25) is 5.02 Å². The molecular weight excluding hydrogens is 292 g/mol. The molecule has 1 aromatic carbocycles. The van der Waals surface area contributed by atoms with Gasteiger partial charge in [-0.25, -0.2) is 4.79 Å². The third-order valence-corrected chi connectivity index (χ3v) is 3.55. The second-order valence-corrected chi connectivity index (χ2v) is 5.45. The number of hydrogen-bond acceptors (Lipinski definition) is 3. The third-order valence-electron chi connectivity index (χ3n) is 3.30. The van der Waals surface area contributed by atoms with E-state index in [0.717, 1.165) is 18.6 Å². The molecule has 6 heteroatoms. The average molecular weight is 309 g/mol. The summed E-state index contributed by atoms with van der Waals surface area (Å²) in [5.74, 6) is 6.83. The maximum absolute atomic E-state index is 10.7. The van der Waals surface area contributed by atoms with E-state index in [-0.39, 0.29) is 12.0 Å². The Balaban J connectivity index is 1.77. The van der Waals surface area contributed by atoms with Crippen LogP contribution < -0.4 is 10.5 Å². The minimum Gasteiger partial charge on any atom is -0.490 e. The number of rotatable bonds is 3. The molecule has 0 radical (unpaired) electrons. The third kappa shape index (κ3) is 4.28. The highest BCUT2D eigenvalue weighted by molar-refractivity contribution is 6.30. The topological polar surface area (TPSA) is 75.8 Å². The van der Waals surface area contributed by atoms with Crippen molar-refractivity contribution in [3.63, 3.8) is 0 Å². The smallest absolute Gasteiger partial charge is 0.339 e. The van der Waals surface area contributed by atoms with Crippen LogP contribution in [0.4, 0.5) is 4.79 Å². The lowest BCUT2D eigenvalue weighted by molar-refractivity contribution is -0.0537. The lowest BCUT2D eigenvalue weighted by atomic mass is 9.82. The molecule has 0 aliphatic heterocycles. The molecule has 0 saturated heterocycles. The lowest BCUT2D eigenvalue weighted by Gasteiger charge is -2.32. The molecule has 0 aromatic heterocycles. The Morgan fingerprint density at radius 3 is 2.67 bits per heavy atom. The predicted molar refractivity (Wildman–Crippen MR) is 79.0 cm³/mol. The fourth-order valence-electron chi connectivity index (χ4n) is 1.98. The van der Waals surface area contributed by atoms with Gasteiger partial charge < -0.3 is 10.5 Å². The second kappa shape index (κ2) is 6.70. The van der Waals surface area contributed by atoms with E-state index in [9.17, 15) is 10.0 Å². The second-order valence-electron chi connectivity index (χ2n) is 5.01. The van der Waals surface area contributed by atoms with Crippen LogP contribution in [0, 0.1) is 17.8 Å². The molecule has 1 unspecified atom stereocenters. The normalized spacial score (nSPS) is 21.5. The number of carbonyl (C=O) groups excluding carboxylic acids is 1. The van der Waals surface area contributed by atoms with Crippen molar-refractivity contribution < 1.29 is 14.7 Å². The van der Waals surface area contributed by atoms with E-state index in [4.69, 9.17) is 22.1 Å². The molecule has 1 aliphatic carbocycles. The van der Waals surface area contributed by atoms with E-state index >= 15 is 0 Å². The van der Waals surface area contributed by atoms with Gasteiger partial charge in [0.15, 0.2) is 0 Å². The van der Waals surface area contributed by atoms with Crippen molar-refractivity contribution in [1.82, 2.24) is 5.06 Å². The molecule has 112 valence electrons. The average Bonchev–Trinajstić information content (AvgIpc) is 2.41. The standard InChI is InChI=1S/C15H17ClN2O3/c1-10(18(20)15(17)19)2-3-11-8-14(9-11)21-13-6-4-12(16)5-7-13/h4-7,10-11,14,20H,8-9H2,1H3,(H2,17,19). The van der Waals surface area contributed by atoms with Crippen LogP contribution >= 0.6 is 11.6 Å². The van der Waals surface area contributed by atoms with Crippen LogP contribution in [0.15, 0.2) is 24.3 Å². The molecule has 2 rings (SSSR count). The van der Waals surface area contributed by atoms with Gasteiger partial charge in [-0.15, -0.1) is 0 Å². The first kappa shape index (κ1) is 15.5. The molecule has 1 saturated carbocycles. The van der Waals surface area contributed by atoms with Crippen LogP contribution in [0.3, 0.4) is 0 Å². The molecule has 0 spiro atoms. The molecule has 5 nitrogen and oxygen atoms in total. The maximum atomic E-state index is 10.7. The summed E-state index contributed by atoms with van der Waals surface area (Å²) < 4.78 is 5.77. The summed E-state index contributed by atoms with van der Waals surface area (Å²) >= 11 is 5.81. The van der Waals surface area contributed by atoms with E-state index in [1.54, 1.807) is 19.1 Å². The van der Waals surface area contributed by atoms with Crippen molar-refractivity contribution in [2.75, 3.05) is 0 Å². The summed E-state index contributed by atoms with van der Waals surface area (Å²) in [6, 6.07) is 5.72. The minimum absolute atomic E-state index is 0.141. The van der Waals surface area contributed by atoms with Gasteiger partial charge in [0.1, 0.15) is 17.9 Å². The SMILES string of the molecule is CC(C#CC1CC(Oc2ccc(Cl)cc2)C1)N(O)C(N)=O. The van der Waals surface area contributed by atoms with Gasteiger partial charge in [-0.2, -0.15) is 5.06 Å². The van der Waals surface area contributed by atoms with Crippen LogP contribution in [0.25, 0.3) is 0 Å². The highest BCUT2D eigenvalue weighted by Gasteiger charge is 2.29. The van der Waals surface area contributed by atoms with Crippen LogP contribution in [0.1, 0.15) is 19.8 Å². The number of hydrogen-bond donors (Lipinski definition) is 2. The quantitative estimate of drug-likeness (QED) is 0.512. The summed E-state index contributed by atoms with van der Waals surface area (Å²) in [6.07, 6.45) is 1.79. The molecule has 1 aliphatic rings. The molecular formula is C15H17ClN2O3. The van der Waals surface area contributed by atoms with E-state index in [1.165, 1.54) is 0 Å². The van der Waals surface area contributed by atoms with Crippen molar-refractivity contribution in [3.8, 4) is 17.6 Å². The molecule has 21 heavy (non-hydrogen) atoms. The van der Waals surface area contributed by atoms with E-state index in [0.29, 0.717) is 10.1 Å². The number of primary amides is 1. The lowest BCUT2D eigenvalue weighted by Crippen LogP contribution is -2.39. The van der Waals surface area contributed by atoms with Gasteiger partial charge in [0.05, 0.1) is 0 Å². The van der Waals surface area contributed by atoms with Gasteiger partial charge in [0, 0.05) is 10.9 Å². The van der Waals surface area contributed by atoms with E-state index in [2.05, 4.69) is 11.8 Å². The minimum atomic E-state index is -0.908. The highest BCUT2D eigenvalue weighted by atomic mass is 35.5. The molecule has 2 amide bonds. The number of urea groups is 1. The molecule has 1 aromatic rings.